The Balaban J connectivity index is 1.23. The summed E-state index contributed by atoms with van der Waals surface area (Å²) in [7, 11) is 0. The first-order chi connectivity index (χ1) is 12.7. The Bertz CT molecular complexity index is 624. The van der Waals surface area contributed by atoms with Crippen LogP contribution < -0.4 is 5.32 Å². The Hall–Kier alpha value is -1.35. The van der Waals surface area contributed by atoms with Crippen molar-refractivity contribution in [1.82, 2.24) is 10.2 Å². The molecule has 4 saturated carbocycles. The van der Waals surface area contributed by atoms with Gasteiger partial charge in [-0.3, -0.25) is 9.69 Å². The molecule has 0 unspecified atom stereocenters. The van der Waals surface area contributed by atoms with Crippen LogP contribution in [0.3, 0.4) is 0 Å². The summed E-state index contributed by atoms with van der Waals surface area (Å²) < 4.78 is 0. The van der Waals surface area contributed by atoms with Gasteiger partial charge in [-0.05, 0) is 99.9 Å². The van der Waals surface area contributed by atoms with Crippen molar-refractivity contribution < 1.29 is 4.79 Å². The van der Waals surface area contributed by atoms with E-state index >= 15 is 0 Å². The van der Waals surface area contributed by atoms with Crippen LogP contribution in [-0.2, 0) is 6.54 Å². The molecule has 3 nitrogen and oxygen atoms in total. The fourth-order valence-corrected chi connectivity index (χ4v) is 6.71. The summed E-state index contributed by atoms with van der Waals surface area (Å²) in [5.41, 5.74) is 2.28. The van der Waals surface area contributed by atoms with Crippen molar-refractivity contribution in [3.8, 4) is 0 Å². The highest BCUT2D eigenvalue weighted by Gasteiger charge is 2.51. The molecular weight excluding hydrogens is 320 g/mol. The van der Waals surface area contributed by atoms with Crippen LogP contribution in [0.1, 0.15) is 73.7 Å². The predicted octanol–water partition coefficient (Wildman–Crippen LogP) is 4.37. The molecule has 140 valence electrons. The van der Waals surface area contributed by atoms with Crippen molar-refractivity contribution >= 4 is 5.91 Å². The van der Waals surface area contributed by atoms with Gasteiger partial charge in [0.1, 0.15) is 0 Å². The minimum Gasteiger partial charge on any atom is -0.347 e. The van der Waals surface area contributed by atoms with Gasteiger partial charge in [0.25, 0.3) is 5.91 Å². The van der Waals surface area contributed by atoms with Crippen LogP contribution in [0.5, 0.6) is 0 Å². The number of hydrogen-bond donors (Lipinski definition) is 1. The minimum atomic E-state index is 0.109. The molecule has 1 N–H and O–H groups in total. The van der Waals surface area contributed by atoms with E-state index in [1.807, 2.05) is 12.1 Å². The third-order valence-electron chi connectivity index (χ3n) is 7.49. The summed E-state index contributed by atoms with van der Waals surface area (Å²) in [6.07, 6.45) is 11.9. The van der Waals surface area contributed by atoms with Gasteiger partial charge in [0, 0.05) is 17.6 Å². The second-order valence-corrected chi connectivity index (χ2v) is 9.69. The lowest BCUT2D eigenvalue weighted by Gasteiger charge is -2.56. The second-order valence-electron chi connectivity index (χ2n) is 9.69. The number of likely N-dealkylation sites (tertiary alicyclic amines) is 1. The van der Waals surface area contributed by atoms with E-state index in [1.54, 1.807) is 0 Å². The van der Waals surface area contributed by atoms with Crippen LogP contribution in [-0.4, -0.2) is 29.4 Å². The Morgan fingerprint density at radius 3 is 2.08 bits per heavy atom. The Morgan fingerprint density at radius 1 is 0.923 bits per heavy atom. The van der Waals surface area contributed by atoms with E-state index in [1.165, 1.54) is 76.4 Å². The highest BCUT2D eigenvalue weighted by atomic mass is 16.1. The van der Waals surface area contributed by atoms with Crippen LogP contribution in [0.25, 0.3) is 0 Å². The number of piperidine rings is 1. The van der Waals surface area contributed by atoms with E-state index in [0.717, 1.165) is 29.9 Å². The van der Waals surface area contributed by atoms with Crippen LogP contribution in [0.4, 0.5) is 0 Å². The maximum atomic E-state index is 12.9. The lowest BCUT2D eigenvalue weighted by atomic mass is 9.53. The lowest BCUT2D eigenvalue weighted by molar-refractivity contribution is -0.0167. The van der Waals surface area contributed by atoms with Crippen molar-refractivity contribution in [2.45, 2.75) is 69.9 Å². The van der Waals surface area contributed by atoms with E-state index in [0.29, 0.717) is 0 Å². The van der Waals surface area contributed by atoms with Crippen LogP contribution >= 0.6 is 0 Å². The van der Waals surface area contributed by atoms with Crippen molar-refractivity contribution in [2.24, 2.45) is 17.8 Å². The smallest absolute Gasteiger partial charge is 0.251 e. The zero-order valence-electron chi connectivity index (χ0n) is 15.9. The molecule has 5 fully saturated rings. The maximum Gasteiger partial charge on any atom is 0.251 e. The van der Waals surface area contributed by atoms with E-state index in [2.05, 4.69) is 22.3 Å². The highest BCUT2D eigenvalue weighted by Crippen LogP contribution is 2.55. The largest absolute Gasteiger partial charge is 0.347 e. The molecule has 1 aromatic carbocycles. The molecule has 0 aromatic heterocycles. The van der Waals surface area contributed by atoms with E-state index in [4.69, 9.17) is 0 Å². The van der Waals surface area contributed by atoms with Crippen molar-refractivity contribution in [1.29, 1.82) is 0 Å². The number of carbonyl (C=O) groups excluding carboxylic acids is 1. The molecule has 6 rings (SSSR count). The van der Waals surface area contributed by atoms with E-state index in [9.17, 15) is 4.79 Å². The molecule has 1 aromatic rings. The average Bonchev–Trinajstić information content (AvgIpc) is 2.61. The minimum absolute atomic E-state index is 0.109. The SMILES string of the molecule is O=C(NC12CC3CC(CC(C3)C1)C2)c1ccc(CN2CCCCC2)cc1. The molecule has 4 aliphatic carbocycles. The van der Waals surface area contributed by atoms with Gasteiger partial charge in [-0.1, -0.05) is 18.6 Å². The number of hydrogen-bond acceptors (Lipinski definition) is 2. The van der Waals surface area contributed by atoms with Gasteiger partial charge in [-0.2, -0.15) is 0 Å². The summed E-state index contributed by atoms with van der Waals surface area (Å²) in [6.45, 7) is 3.46. The number of benzene rings is 1. The normalized spacial score (nSPS) is 36.2. The number of rotatable bonds is 4. The first kappa shape index (κ1) is 16.8. The molecule has 1 heterocycles. The van der Waals surface area contributed by atoms with Crippen molar-refractivity contribution in [2.75, 3.05) is 13.1 Å². The lowest BCUT2D eigenvalue weighted by Crippen LogP contribution is -2.59. The molecular formula is C23H32N2O. The van der Waals surface area contributed by atoms with Crippen LogP contribution in [0, 0.1) is 17.8 Å². The van der Waals surface area contributed by atoms with Crippen molar-refractivity contribution in [3.63, 3.8) is 0 Å². The molecule has 0 radical (unpaired) electrons. The van der Waals surface area contributed by atoms with Crippen LogP contribution in [0.2, 0.25) is 0 Å². The number of amides is 1. The quantitative estimate of drug-likeness (QED) is 0.872. The van der Waals surface area contributed by atoms with Gasteiger partial charge in [0.2, 0.25) is 0 Å². The summed E-state index contributed by atoms with van der Waals surface area (Å²) in [5, 5.41) is 3.49. The monoisotopic (exact) mass is 352 g/mol. The Morgan fingerprint density at radius 2 is 1.50 bits per heavy atom. The summed E-state index contributed by atoms with van der Waals surface area (Å²) in [4.78, 5) is 15.4. The van der Waals surface area contributed by atoms with Gasteiger partial charge in [0.05, 0.1) is 0 Å². The van der Waals surface area contributed by atoms with Crippen LogP contribution in [0.15, 0.2) is 24.3 Å². The predicted molar refractivity (Wildman–Crippen MR) is 104 cm³/mol. The Kier molecular flexibility index (Phi) is 4.31. The zero-order valence-corrected chi connectivity index (χ0v) is 15.9. The average molecular weight is 353 g/mol. The Labute approximate surface area is 157 Å². The van der Waals surface area contributed by atoms with E-state index < -0.39 is 0 Å². The number of carbonyl (C=O) groups is 1. The zero-order chi connectivity index (χ0) is 17.6. The molecule has 0 spiro atoms. The topological polar surface area (TPSA) is 32.3 Å². The van der Waals surface area contributed by atoms with Gasteiger partial charge >= 0.3 is 0 Å². The first-order valence-corrected chi connectivity index (χ1v) is 10.8. The molecule has 26 heavy (non-hydrogen) atoms. The summed E-state index contributed by atoms with van der Waals surface area (Å²) in [6, 6.07) is 8.39. The van der Waals surface area contributed by atoms with Gasteiger partial charge in [0.15, 0.2) is 0 Å². The first-order valence-electron chi connectivity index (χ1n) is 10.8. The fraction of sp³-hybridized carbons (Fsp3) is 0.696. The highest BCUT2D eigenvalue weighted by molar-refractivity contribution is 5.94. The van der Waals surface area contributed by atoms with Gasteiger partial charge < -0.3 is 5.32 Å². The standard InChI is InChI=1S/C23H32N2O/c26-22(24-23-13-18-10-19(14-23)12-20(11-18)15-23)21-6-4-17(5-7-21)16-25-8-2-1-3-9-25/h4-7,18-20H,1-3,8-16H2,(H,24,26). The summed E-state index contributed by atoms with van der Waals surface area (Å²) >= 11 is 0. The fourth-order valence-electron chi connectivity index (χ4n) is 6.71. The molecule has 3 heteroatoms. The van der Waals surface area contributed by atoms with E-state index in [-0.39, 0.29) is 11.4 Å². The maximum absolute atomic E-state index is 12.9. The molecule has 1 aliphatic heterocycles. The molecule has 4 bridgehead atoms. The second kappa shape index (κ2) is 6.67. The summed E-state index contributed by atoms with van der Waals surface area (Å²) in [5.74, 6) is 2.76. The van der Waals surface area contributed by atoms with Gasteiger partial charge in [-0.15, -0.1) is 0 Å². The number of nitrogens with zero attached hydrogens (tertiary/aromatic N) is 1. The molecule has 5 aliphatic rings. The molecule has 0 atom stereocenters. The van der Waals surface area contributed by atoms with Crippen molar-refractivity contribution in [3.05, 3.63) is 35.4 Å². The third-order valence-corrected chi connectivity index (χ3v) is 7.49. The molecule has 1 amide bonds. The molecule has 1 saturated heterocycles. The van der Waals surface area contributed by atoms with Gasteiger partial charge in [-0.25, -0.2) is 0 Å². The number of nitrogens with one attached hydrogen (secondary N) is 1. The third kappa shape index (κ3) is 3.31.